The highest BCUT2D eigenvalue weighted by atomic mass is 32.2. The zero-order valence-electron chi connectivity index (χ0n) is 12.5. The number of allylic oxidation sites excluding steroid dienone is 2. The molecule has 23 heavy (non-hydrogen) atoms. The maximum atomic E-state index is 12.5. The maximum Gasteiger partial charge on any atom is 0.298 e. The van der Waals surface area contributed by atoms with E-state index in [1.807, 2.05) is 19.1 Å². The van der Waals surface area contributed by atoms with Gasteiger partial charge in [0.15, 0.2) is 17.7 Å². The third-order valence-corrected chi connectivity index (χ3v) is 6.46. The minimum absolute atomic E-state index is 0.0399. The molecule has 0 spiro atoms. The Morgan fingerprint density at radius 3 is 2.00 bits per heavy atom. The predicted molar refractivity (Wildman–Crippen MR) is 81.0 cm³/mol. The monoisotopic (exact) mass is 332 g/mol. The van der Waals surface area contributed by atoms with Crippen molar-refractivity contribution in [1.29, 1.82) is 0 Å². The fourth-order valence-electron chi connectivity index (χ4n) is 4.07. The van der Waals surface area contributed by atoms with E-state index in [1.54, 1.807) is 12.1 Å². The number of Topliss-reactive ketones (excluding diaryl/α,β-unsaturated/α-hetero) is 2. The standard InChI is InChI=1S/C17H16O5S/c1-9-2-6-12(7-3-9)23(20,21)22-17-15(18)13-10-4-5-11(8-10)14(13)16(17)19/h2-7,10-11,13-14,17H,8H2,1H3. The van der Waals surface area contributed by atoms with E-state index in [2.05, 4.69) is 0 Å². The van der Waals surface area contributed by atoms with Gasteiger partial charge in [0, 0.05) is 11.8 Å². The Hall–Kier alpha value is -1.79. The fraction of sp³-hybridized carbons (Fsp3) is 0.412. The number of rotatable bonds is 3. The second kappa shape index (κ2) is 4.85. The van der Waals surface area contributed by atoms with Crippen LogP contribution in [0.3, 0.4) is 0 Å². The lowest BCUT2D eigenvalue weighted by Crippen LogP contribution is -2.31. The van der Waals surface area contributed by atoms with Crippen molar-refractivity contribution in [2.45, 2.75) is 24.3 Å². The van der Waals surface area contributed by atoms with Crippen LogP contribution in [0.1, 0.15) is 12.0 Å². The van der Waals surface area contributed by atoms with Gasteiger partial charge in [0.2, 0.25) is 0 Å². The number of carbonyl (C=O) groups is 2. The summed E-state index contributed by atoms with van der Waals surface area (Å²) >= 11 is 0. The summed E-state index contributed by atoms with van der Waals surface area (Å²) in [6.45, 7) is 1.84. The molecule has 0 saturated heterocycles. The fourth-order valence-corrected chi connectivity index (χ4v) is 5.09. The number of aryl methyl sites for hydroxylation is 1. The van der Waals surface area contributed by atoms with Gasteiger partial charge in [0.1, 0.15) is 0 Å². The van der Waals surface area contributed by atoms with Gasteiger partial charge in [-0.2, -0.15) is 8.42 Å². The number of fused-ring (bicyclic) bond motifs is 5. The van der Waals surface area contributed by atoms with E-state index >= 15 is 0 Å². The molecule has 0 aliphatic heterocycles. The summed E-state index contributed by atoms with van der Waals surface area (Å²) in [5, 5.41) is 0. The first-order valence-electron chi connectivity index (χ1n) is 7.64. The molecule has 0 N–H and O–H groups in total. The van der Waals surface area contributed by atoms with Gasteiger partial charge >= 0.3 is 0 Å². The quantitative estimate of drug-likeness (QED) is 0.478. The third-order valence-electron chi connectivity index (χ3n) is 5.17. The van der Waals surface area contributed by atoms with Crippen LogP contribution in [-0.2, 0) is 23.9 Å². The van der Waals surface area contributed by atoms with Gasteiger partial charge in [-0.15, -0.1) is 0 Å². The molecule has 5 nitrogen and oxygen atoms in total. The molecule has 4 unspecified atom stereocenters. The molecule has 0 heterocycles. The zero-order chi connectivity index (χ0) is 16.4. The Balaban J connectivity index is 1.61. The van der Waals surface area contributed by atoms with Gasteiger partial charge in [0.05, 0.1) is 4.90 Å². The summed E-state index contributed by atoms with van der Waals surface area (Å²) in [7, 11) is -4.13. The van der Waals surface area contributed by atoms with Crippen LogP contribution in [0.2, 0.25) is 0 Å². The molecule has 120 valence electrons. The van der Waals surface area contributed by atoms with Crippen molar-refractivity contribution in [2.75, 3.05) is 0 Å². The minimum atomic E-state index is -4.13. The number of hydrogen-bond donors (Lipinski definition) is 0. The first-order chi connectivity index (χ1) is 10.9. The van der Waals surface area contributed by atoms with Crippen LogP contribution in [0.15, 0.2) is 41.3 Å². The van der Waals surface area contributed by atoms with Gasteiger partial charge in [-0.25, -0.2) is 4.18 Å². The highest BCUT2D eigenvalue weighted by molar-refractivity contribution is 7.86. The van der Waals surface area contributed by atoms with Crippen LogP contribution >= 0.6 is 0 Å². The van der Waals surface area contributed by atoms with E-state index in [0.29, 0.717) is 0 Å². The third kappa shape index (κ3) is 2.12. The maximum absolute atomic E-state index is 12.5. The molecule has 3 aliphatic rings. The van der Waals surface area contributed by atoms with E-state index in [0.717, 1.165) is 12.0 Å². The molecule has 0 radical (unpaired) electrons. The molecule has 2 saturated carbocycles. The van der Waals surface area contributed by atoms with Crippen LogP contribution in [0, 0.1) is 30.6 Å². The average Bonchev–Trinajstić information content (AvgIpc) is 3.17. The van der Waals surface area contributed by atoms with Crippen molar-refractivity contribution < 1.29 is 22.2 Å². The second-order valence-corrected chi connectivity index (χ2v) is 8.12. The van der Waals surface area contributed by atoms with Crippen LogP contribution in [0.25, 0.3) is 0 Å². The van der Waals surface area contributed by atoms with E-state index in [-0.39, 0.29) is 28.3 Å². The molecule has 6 heteroatoms. The van der Waals surface area contributed by atoms with E-state index in [4.69, 9.17) is 4.18 Å². The van der Waals surface area contributed by atoms with Gasteiger partial charge in [-0.05, 0) is 37.3 Å². The van der Waals surface area contributed by atoms with E-state index < -0.39 is 28.1 Å². The summed E-state index contributed by atoms with van der Waals surface area (Å²) in [4.78, 5) is 25.0. The molecule has 1 aromatic rings. The van der Waals surface area contributed by atoms with Crippen molar-refractivity contribution in [3.05, 3.63) is 42.0 Å². The Morgan fingerprint density at radius 2 is 1.48 bits per heavy atom. The molecule has 1 aromatic carbocycles. The Labute approximate surface area is 134 Å². The molecule has 0 amide bonds. The number of hydrogen-bond acceptors (Lipinski definition) is 5. The van der Waals surface area contributed by atoms with Crippen LogP contribution < -0.4 is 0 Å². The first kappa shape index (κ1) is 14.8. The van der Waals surface area contributed by atoms with Crippen molar-refractivity contribution in [2.24, 2.45) is 23.7 Å². The first-order valence-corrected chi connectivity index (χ1v) is 9.05. The Kier molecular flexibility index (Phi) is 3.12. The summed E-state index contributed by atoms with van der Waals surface area (Å²) < 4.78 is 29.7. The van der Waals surface area contributed by atoms with Crippen molar-refractivity contribution in [1.82, 2.24) is 0 Å². The molecule has 2 fully saturated rings. The summed E-state index contributed by atoms with van der Waals surface area (Å²) in [5.41, 5.74) is 0.911. The molecule has 3 aliphatic carbocycles. The SMILES string of the molecule is Cc1ccc(S(=O)(=O)OC2C(=O)C3C4C=CC(C4)C3C2=O)cc1. The lowest BCUT2D eigenvalue weighted by Gasteiger charge is -2.15. The molecular weight excluding hydrogens is 316 g/mol. The predicted octanol–water partition coefficient (Wildman–Crippen LogP) is 1.66. The largest absolute Gasteiger partial charge is 0.298 e. The van der Waals surface area contributed by atoms with E-state index in [1.165, 1.54) is 12.1 Å². The lowest BCUT2D eigenvalue weighted by molar-refractivity contribution is -0.132. The topological polar surface area (TPSA) is 77.5 Å². The molecule has 2 bridgehead atoms. The zero-order valence-corrected chi connectivity index (χ0v) is 13.3. The van der Waals surface area contributed by atoms with Gasteiger partial charge in [-0.1, -0.05) is 29.8 Å². The smallest absolute Gasteiger partial charge is 0.296 e. The highest BCUT2D eigenvalue weighted by Crippen LogP contribution is 2.53. The summed E-state index contributed by atoms with van der Waals surface area (Å²) in [6.07, 6.45) is 3.26. The summed E-state index contributed by atoms with van der Waals surface area (Å²) in [6, 6.07) is 6.13. The summed E-state index contributed by atoms with van der Waals surface area (Å²) in [5.74, 6) is -1.47. The van der Waals surface area contributed by atoms with E-state index in [9.17, 15) is 18.0 Å². The van der Waals surface area contributed by atoms with Crippen molar-refractivity contribution in [3.8, 4) is 0 Å². The van der Waals surface area contributed by atoms with Crippen LogP contribution in [0.4, 0.5) is 0 Å². The number of carbonyl (C=O) groups excluding carboxylic acids is 2. The van der Waals surface area contributed by atoms with Crippen molar-refractivity contribution in [3.63, 3.8) is 0 Å². The Bertz CT molecular complexity index is 791. The lowest BCUT2D eigenvalue weighted by atomic mass is 9.85. The molecule has 0 aromatic heterocycles. The highest BCUT2D eigenvalue weighted by Gasteiger charge is 2.61. The molecule has 4 rings (SSSR count). The normalized spacial score (nSPS) is 35.1. The van der Waals surface area contributed by atoms with Crippen LogP contribution in [0.5, 0.6) is 0 Å². The van der Waals surface area contributed by atoms with Gasteiger partial charge in [0.25, 0.3) is 10.1 Å². The van der Waals surface area contributed by atoms with Gasteiger partial charge in [-0.3, -0.25) is 9.59 Å². The second-order valence-electron chi connectivity index (χ2n) is 6.55. The van der Waals surface area contributed by atoms with Crippen LogP contribution in [-0.4, -0.2) is 26.1 Å². The Morgan fingerprint density at radius 1 is 0.957 bits per heavy atom. The average molecular weight is 332 g/mol. The number of ketones is 2. The van der Waals surface area contributed by atoms with Gasteiger partial charge < -0.3 is 0 Å². The number of benzene rings is 1. The minimum Gasteiger partial charge on any atom is -0.296 e. The molecule has 4 atom stereocenters. The molecular formula is C17H16O5S. The van der Waals surface area contributed by atoms with Crippen molar-refractivity contribution >= 4 is 21.7 Å².